The monoisotopic (exact) mass is 92.0 g/mol. The van der Waals surface area contributed by atoms with E-state index in [4.69, 9.17) is 4.55 Å². The van der Waals surface area contributed by atoms with Crippen molar-refractivity contribution >= 4 is 11.2 Å². The Morgan fingerprint density at radius 3 is 1.80 bits per heavy atom. The molecule has 1 aliphatic heterocycles. The number of hydrogen-bond acceptors (Lipinski definition) is 1. The lowest BCUT2D eigenvalue weighted by Crippen LogP contribution is -2.05. The van der Waals surface area contributed by atoms with E-state index in [1.807, 2.05) is 0 Å². The summed E-state index contributed by atoms with van der Waals surface area (Å²) in [6.07, 6.45) is 1.27. The molecule has 1 rings (SSSR count). The van der Waals surface area contributed by atoms with E-state index >= 15 is 0 Å². The van der Waals surface area contributed by atoms with Gasteiger partial charge < -0.3 is 4.55 Å². The van der Waals surface area contributed by atoms with Gasteiger partial charge in [-0.05, 0) is 17.9 Å². The van der Waals surface area contributed by atoms with E-state index < -0.39 is 11.2 Å². The fourth-order valence-electron chi connectivity index (χ4n) is 0.300. The van der Waals surface area contributed by atoms with Gasteiger partial charge in [-0.25, -0.2) is 0 Å². The highest BCUT2D eigenvalue weighted by molar-refractivity contribution is 8.13. The van der Waals surface area contributed by atoms with Crippen LogP contribution in [0.4, 0.5) is 0 Å². The summed E-state index contributed by atoms with van der Waals surface area (Å²) in [6, 6.07) is 0. The third-order valence-electron chi connectivity index (χ3n) is 0.832. The minimum absolute atomic E-state index is 0.418. The van der Waals surface area contributed by atoms with Gasteiger partial charge in [0.2, 0.25) is 0 Å². The Balaban J connectivity index is 2.08. The zero-order valence-corrected chi connectivity index (χ0v) is 3.91. The standard InChI is InChI=1S/C3H8OS/c4-5-2-1-3-5/h4-5H,1-3H2. The first-order valence-corrected chi connectivity index (χ1v) is 3.50. The van der Waals surface area contributed by atoms with Crippen molar-refractivity contribution in [1.82, 2.24) is 0 Å². The quantitative estimate of drug-likeness (QED) is 0.425. The van der Waals surface area contributed by atoms with Crippen molar-refractivity contribution < 1.29 is 4.55 Å². The number of rotatable bonds is 0. The van der Waals surface area contributed by atoms with Crippen molar-refractivity contribution in [2.24, 2.45) is 0 Å². The van der Waals surface area contributed by atoms with E-state index in [1.165, 1.54) is 6.42 Å². The molecule has 0 saturated carbocycles. The van der Waals surface area contributed by atoms with Crippen molar-refractivity contribution in [1.29, 1.82) is 0 Å². The molecule has 1 saturated heterocycles. The molecule has 0 amide bonds. The summed E-state index contributed by atoms with van der Waals surface area (Å²) in [6.45, 7) is 0. The minimum atomic E-state index is -0.418. The van der Waals surface area contributed by atoms with Gasteiger partial charge in [0.15, 0.2) is 0 Å². The average Bonchev–Trinajstić information content (AvgIpc) is 1.30. The summed E-state index contributed by atoms with van der Waals surface area (Å²) in [5.41, 5.74) is 0. The second-order valence-electron chi connectivity index (χ2n) is 1.31. The highest BCUT2D eigenvalue weighted by Gasteiger charge is 2.06. The van der Waals surface area contributed by atoms with Crippen LogP contribution in [0.15, 0.2) is 0 Å². The molecule has 32 valence electrons. The Hall–Kier alpha value is 0.310. The van der Waals surface area contributed by atoms with Gasteiger partial charge in [0.1, 0.15) is 0 Å². The lowest BCUT2D eigenvalue weighted by atomic mass is 10.5. The fourth-order valence-corrected chi connectivity index (χ4v) is 0.899. The molecule has 2 heteroatoms. The molecule has 0 bridgehead atoms. The van der Waals surface area contributed by atoms with Gasteiger partial charge in [-0.1, -0.05) is 0 Å². The molecule has 0 atom stereocenters. The van der Waals surface area contributed by atoms with Crippen LogP contribution >= 0.6 is 11.2 Å². The molecule has 1 heterocycles. The number of thiol groups is 1. The van der Waals surface area contributed by atoms with E-state index in [0.717, 1.165) is 11.5 Å². The van der Waals surface area contributed by atoms with E-state index in [9.17, 15) is 0 Å². The summed E-state index contributed by atoms with van der Waals surface area (Å²) in [7, 11) is 0. The molecule has 0 aromatic carbocycles. The SMILES string of the molecule is O[SH]1CCC1. The van der Waals surface area contributed by atoms with E-state index in [0.29, 0.717) is 0 Å². The number of hydrogen-bond donors (Lipinski definition) is 2. The smallest absolute Gasteiger partial charge is 0.00304 e. The predicted octanol–water partition coefficient (Wildman–Crippen LogP) is 0.864. The second kappa shape index (κ2) is 1.19. The van der Waals surface area contributed by atoms with E-state index in [1.54, 1.807) is 0 Å². The lowest BCUT2D eigenvalue weighted by molar-refractivity contribution is 0.627. The zero-order chi connectivity index (χ0) is 3.70. The van der Waals surface area contributed by atoms with Crippen LogP contribution in [-0.2, 0) is 0 Å². The Labute approximate surface area is 34.6 Å². The maximum absolute atomic E-state index is 8.51. The van der Waals surface area contributed by atoms with Crippen LogP contribution in [0.1, 0.15) is 6.42 Å². The molecule has 0 aromatic rings. The first kappa shape index (κ1) is 3.50. The third kappa shape index (κ3) is 0.578. The second-order valence-corrected chi connectivity index (χ2v) is 3.21. The summed E-state index contributed by atoms with van der Waals surface area (Å²) in [5.74, 6) is 2.21. The summed E-state index contributed by atoms with van der Waals surface area (Å²) >= 11 is -0.418. The highest BCUT2D eigenvalue weighted by atomic mass is 32.2. The fraction of sp³-hybridized carbons (Fsp3) is 1.00. The molecule has 0 aliphatic carbocycles. The van der Waals surface area contributed by atoms with Gasteiger partial charge in [-0.15, -0.1) is 0 Å². The molecule has 1 N–H and O–H groups in total. The normalized spacial score (nSPS) is 29.4. The Bertz CT molecular complexity index is 33.9. The molecule has 1 fully saturated rings. The molecule has 5 heavy (non-hydrogen) atoms. The van der Waals surface area contributed by atoms with Crippen LogP contribution in [-0.4, -0.2) is 16.1 Å². The molecule has 0 spiro atoms. The predicted molar refractivity (Wildman–Crippen MR) is 26.0 cm³/mol. The molecular formula is C3H8OS. The van der Waals surface area contributed by atoms with Crippen molar-refractivity contribution in [3.05, 3.63) is 0 Å². The molecule has 0 aromatic heterocycles. The van der Waals surface area contributed by atoms with Crippen molar-refractivity contribution in [2.75, 3.05) is 11.5 Å². The summed E-state index contributed by atoms with van der Waals surface area (Å²) < 4.78 is 8.51. The Morgan fingerprint density at radius 2 is 1.80 bits per heavy atom. The van der Waals surface area contributed by atoms with Crippen LogP contribution < -0.4 is 0 Å². The summed E-state index contributed by atoms with van der Waals surface area (Å²) in [4.78, 5) is 0. The van der Waals surface area contributed by atoms with Crippen molar-refractivity contribution in [3.8, 4) is 0 Å². The van der Waals surface area contributed by atoms with Crippen molar-refractivity contribution in [3.63, 3.8) is 0 Å². The molecule has 1 aliphatic rings. The van der Waals surface area contributed by atoms with Crippen LogP contribution in [0.3, 0.4) is 0 Å². The largest absolute Gasteiger partial charge is 0.354 e. The minimum Gasteiger partial charge on any atom is -0.354 e. The van der Waals surface area contributed by atoms with Crippen LogP contribution in [0, 0.1) is 0 Å². The highest BCUT2D eigenvalue weighted by Crippen LogP contribution is 2.30. The zero-order valence-electron chi connectivity index (χ0n) is 3.02. The van der Waals surface area contributed by atoms with E-state index in [2.05, 4.69) is 0 Å². The maximum atomic E-state index is 8.51. The lowest BCUT2D eigenvalue weighted by Gasteiger charge is -2.22. The van der Waals surface area contributed by atoms with Gasteiger partial charge in [0.25, 0.3) is 0 Å². The van der Waals surface area contributed by atoms with Gasteiger partial charge in [-0.2, -0.15) is 11.2 Å². The Kier molecular flexibility index (Phi) is 0.830. The summed E-state index contributed by atoms with van der Waals surface area (Å²) in [5, 5.41) is 0. The van der Waals surface area contributed by atoms with Gasteiger partial charge >= 0.3 is 0 Å². The third-order valence-corrected chi connectivity index (χ3v) is 2.50. The molecule has 0 unspecified atom stereocenters. The van der Waals surface area contributed by atoms with Gasteiger partial charge in [-0.3, -0.25) is 0 Å². The van der Waals surface area contributed by atoms with Crippen molar-refractivity contribution in [2.45, 2.75) is 6.42 Å². The Morgan fingerprint density at radius 1 is 1.40 bits per heavy atom. The maximum Gasteiger partial charge on any atom is -0.00304 e. The van der Waals surface area contributed by atoms with Gasteiger partial charge in [0, 0.05) is 0 Å². The molecule has 0 radical (unpaired) electrons. The van der Waals surface area contributed by atoms with Crippen LogP contribution in [0.2, 0.25) is 0 Å². The molecular weight excluding hydrogens is 84.1 g/mol. The molecule has 1 nitrogen and oxygen atoms in total. The topological polar surface area (TPSA) is 20.2 Å². The first-order valence-electron chi connectivity index (χ1n) is 1.83. The average molecular weight is 92.2 g/mol. The van der Waals surface area contributed by atoms with Crippen LogP contribution in [0.25, 0.3) is 0 Å². The van der Waals surface area contributed by atoms with Crippen LogP contribution in [0.5, 0.6) is 0 Å². The van der Waals surface area contributed by atoms with Gasteiger partial charge in [0.05, 0.1) is 0 Å². The first-order chi connectivity index (χ1) is 2.39. The van der Waals surface area contributed by atoms with E-state index in [-0.39, 0.29) is 0 Å².